The Labute approximate surface area is 132 Å². The van der Waals surface area contributed by atoms with E-state index in [9.17, 15) is 13.2 Å². The summed E-state index contributed by atoms with van der Waals surface area (Å²) in [5, 5.41) is 0. The van der Waals surface area contributed by atoms with Crippen molar-refractivity contribution in [3.05, 3.63) is 53.6 Å². The molecule has 0 bridgehead atoms. The van der Waals surface area contributed by atoms with Gasteiger partial charge in [0.1, 0.15) is 18.1 Å². The first-order valence-electron chi connectivity index (χ1n) is 6.12. The number of nitrogens with two attached hydrogens (primary N) is 1. The van der Waals surface area contributed by atoms with Gasteiger partial charge < -0.3 is 15.2 Å². The molecule has 2 rings (SSSR count). The zero-order chi connectivity index (χ0) is 15.5. The van der Waals surface area contributed by atoms with Crippen LogP contribution in [0.25, 0.3) is 0 Å². The van der Waals surface area contributed by atoms with E-state index in [1.807, 2.05) is 0 Å². The van der Waals surface area contributed by atoms with Crippen molar-refractivity contribution >= 4 is 18.1 Å². The first kappa shape index (κ1) is 18.0. The van der Waals surface area contributed by atoms with Crippen LogP contribution < -0.4 is 15.2 Å². The van der Waals surface area contributed by atoms with Gasteiger partial charge in [0.2, 0.25) is 0 Å². The van der Waals surface area contributed by atoms with Crippen molar-refractivity contribution in [1.82, 2.24) is 0 Å². The molecule has 2 aromatic rings. The Morgan fingerprint density at radius 1 is 1.09 bits per heavy atom. The second-order valence-electron chi connectivity index (χ2n) is 4.39. The van der Waals surface area contributed by atoms with Gasteiger partial charge >= 0.3 is 6.18 Å². The fourth-order valence-electron chi connectivity index (χ4n) is 1.81. The minimum atomic E-state index is -4.36. The van der Waals surface area contributed by atoms with Gasteiger partial charge in [-0.2, -0.15) is 13.2 Å². The van der Waals surface area contributed by atoms with Crippen LogP contribution in [0.4, 0.5) is 18.9 Å². The van der Waals surface area contributed by atoms with Crippen LogP contribution in [-0.4, -0.2) is 7.11 Å². The first-order chi connectivity index (χ1) is 9.90. The third-order valence-electron chi connectivity index (χ3n) is 2.86. The highest BCUT2D eigenvalue weighted by Gasteiger charge is 2.30. The summed E-state index contributed by atoms with van der Waals surface area (Å²) in [6, 6.07) is 9.85. The van der Waals surface area contributed by atoms with Gasteiger partial charge in [0.15, 0.2) is 0 Å². The van der Waals surface area contributed by atoms with Crippen molar-refractivity contribution in [2.45, 2.75) is 12.8 Å². The van der Waals surface area contributed by atoms with Gasteiger partial charge in [-0.25, -0.2) is 0 Å². The maximum absolute atomic E-state index is 12.6. The Bertz CT molecular complexity index is 632. The summed E-state index contributed by atoms with van der Waals surface area (Å²) < 4.78 is 48.2. The topological polar surface area (TPSA) is 44.5 Å². The second kappa shape index (κ2) is 7.26. The van der Waals surface area contributed by atoms with Gasteiger partial charge in [-0.05, 0) is 29.8 Å². The maximum Gasteiger partial charge on any atom is 0.416 e. The smallest absolute Gasteiger partial charge is 0.416 e. The van der Waals surface area contributed by atoms with Gasteiger partial charge in [0.05, 0.1) is 18.4 Å². The van der Waals surface area contributed by atoms with Crippen molar-refractivity contribution < 1.29 is 22.6 Å². The molecule has 0 aromatic heterocycles. The van der Waals surface area contributed by atoms with Crippen LogP contribution in [0.5, 0.6) is 11.5 Å². The highest BCUT2D eigenvalue weighted by atomic mass is 35.5. The molecule has 7 heteroatoms. The minimum absolute atomic E-state index is 0. The third kappa shape index (κ3) is 4.46. The summed E-state index contributed by atoms with van der Waals surface area (Å²) >= 11 is 0. The van der Waals surface area contributed by atoms with E-state index in [0.29, 0.717) is 22.7 Å². The van der Waals surface area contributed by atoms with Crippen molar-refractivity contribution in [3.63, 3.8) is 0 Å². The molecule has 0 saturated carbocycles. The van der Waals surface area contributed by atoms with Crippen molar-refractivity contribution in [1.29, 1.82) is 0 Å². The van der Waals surface area contributed by atoms with Gasteiger partial charge in [0.25, 0.3) is 0 Å². The van der Waals surface area contributed by atoms with E-state index >= 15 is 0 Å². The lowest BCUT2D eigenvalue weighted by Gasteiger charge is -2.11. The molecule has 0 amide bonds. The predicted molar refractivity (Wildman–Crippen MR) is 80.4 cm³/mol. The molecule has 2 aromatic carbocycles. The van der Waals surface area contributed by atoms with E-state index in [0.717, 1.165) is 12.1 Å². The molecule has 0 aliphatic heterocycles. The average Bonchev–Trinajstić information content (AvgIpc) is 2.45. The Balaban J connectivity index is 0.00000242. The van der Waals surface area contributed by atoms with Crippen LogP contribution in [0, 0.1) is 0 Å². The monoisotopic (exact) mass is 333 g/mol. The lowest BCUT2D eigenvalue weighted by molar-refractivity contribution is -0.137. The molecule has 0 aliphatic carbocycles. The summed E-state index contributed by atoms with van der Waals surface area (Å²) in [6.07, 6.45) is -4.36. The zero-order valence-electron chi connectivity index (χ0n) is 11.7. The van der Waals surface area contributed by atoms with E-state index in [2.05, 4.69) is 0 Å². The molecular formula is C15H15ClF3NO2. The van der Waals surface area contributed by atoms with Crippen LogP contribution in [0.1, 0.15) is 11.1 Å². The number of alkyl halides is 3. The largest absolute Gasteiger partial charge is 0.495 e. The lowest BCUT2D eigenvalue weighted by atomic mass is 10.1. The lowest BCUT2D eigenvalue weighted by Crippen LogP contribution is -2.06. The van der Waals surface area contributed by atoms with Crippen LogP contribution in [-0.2, 0) is 12.8 Å². The molecule has 0 unspecified atom stereocenters. The normalized spacial score (nSPS) is 10.7. The van der Waals surface area contributed by atoms with Crippen molar-refractivity contribution in [2.24, 2.45) is 0 Å². The molecule has 22 heavy (non-hydrogen) atoms. The number of nitrogen functional groups attached to an aromatic ring is 1. The van der Waals surface area contributed by atoms with E-state index < -0.39 is 11.7 Å². The summed E-state index contributed by atoms with van der Waals surface area (Å²) in [7, 11) is 1.49. The van der Waals surface area contributed by atoms with Crippen molar-refractivity contribution in [3.8, 4) is 11.5 Å². The number of ether oxygens (including phenoxy) is 2. The molecule has 0 aliphatic rings. The summed E-state index contributed by atoms with van der Waals surface area (Å²) in [5.41, 5.74) is 5.86. The van der Waals surface area contributed by atoms with E-state index in [-0.39, 0.29) is 19.0 Å². The number of rotatable bonds is 4. The quantitative estimate of drug-likeness (QED) is 0.849. The average molecular weight is 334 g/mol. The molecule has 0 radical (unpaired) electrons. The zero-order valence-corrected chi connectivity index (χ0v) is 12.5. The Morgan fingerprint density at radius 2 is 1.82 bits per heavy atom. The summed E-state index contributed by atoms with van der Waals surface area (Å²) in [6.45, 7) is 0.0235. The standard InChI is InChI=1S/C15H14F3NO2.ClH/c1-20-14-6-5-12(8-13(14)19)21-9-10-3-2-4-11(7-10)15(16,17)18;/h2-8H,9,19H2,1H3;1H. The second-order valence-corrected chi connectivity index (χ2v) is 4.39. The van der Waals surface area contributed by atoms with Gasteiger partial charge in [-0.3, -0.25) is 0 Å². The van der Waals surface area contributed by atoms with Gasteiger partial charge in [0, 0.05) is 6.07 Å². The third-order valence-corrected chi connectivity index (χ3v) is 2.86. The van der Waals surface area contributed by atoms with Gasteiger partial charge in [-0.15, -0.1) is 12.4 Å². The molecule has 0 heterocycles. The molecule has 0 atom stereocenters. The van der Waals surface area contributed by atoms with Crippen molar-refractivity contribution in [2.75, 3.05) is 12.8 Å². The van der Waals surface area contributed by atoms with E-state index in [4.69, 9.17) is 15.2 Å². The molecular weight excluding hydrogens is 319 g/mol. The van der Waals surface area contributed by atoms with Gasteiger partial charge in [-0.1, -0.05) is 12.1 Å². The highest BCUT2D eigenvalue weighted by Crippen LogP contribution is 2.30. The number of halogens is 4. The molecule has 2 N–H and O–H groups in total. The summed E-state index contributed by atoms with van der Waals surface area (Å²) in [5.74, 6) is 0.979. The molecule has 3 nitrogen and oxygen atoms in total. The van der Waals surface area contributed by atoms with E-state index in [1.165, 1.54) is 13.2 Å². The highest BCUT2D eigenvalue weighted by molar-refractivity contribution is 5.85. The predicted octanol–water partition coefficient (Wildman–Crippen LogP) is 4.30. The first-order valence-corrected chi connectivity index (χ1v) is 6.12. The number of hydrogen-bond acceptors (Lipinski definition) is 3. The van der Waals surface area contributed by atoms with Crippen LogP contribution in [0.3, 0.4) is 0 Å². The SMILES string of the molecule is COc1ccc(OCc2cccc(C(F)(F)F)c2)cc1N.Cl. The number of hydrogen-bond donors (Lipinski definition) is 1. The molecule has 0 saturated heterocycles. The van der Waals surface area contributed by atoms with E-state index in [1.54, 1.807) is 24.3 Å². The van der Waals surface area contributed by atoms with Crippen LogP contribution >= 0.6 is 12.4 Å². The Morgan fingerprint density at radius 3 is 2.41 bits per heavy atom. The number of methoxy groups -OCH3 is 1. The minimum Gasteiger partial charge on any atom is -0.495 e. The molecule has 120 valence electrons. The molecule has 0 spiro atoms. The molecule has 0 fully saturated rings. The van der Waals surface area contributed by atoms with Crippen LogP contribution in [0.15, 0.2) is 42.5 Å². The fraction of sp³-hybridized carbons (Fsp3) is 0.200. The number of benzene rings is 2. The van der Waals surface area contributed by atoms with Crippen LogP contribution in [0.2, 0.25) is 0 Å². The summed E-state index contributed by atoms with van der Waals surface area (Å²) in [4.78, 5) is 0. The fourth-order valence-corrected chi connectivity index (χ4v) is 1.81. The maximum atomic E-state index is 12.6. The Hall–Kier alpha value is -2.08. The number of anilines is 1. The Kier molecular flexibility index (Phi) is 5.93.